The lowest BCUT2D eigenvalue weighted by molar-refractivity contribution is 1.02. The van der Waals surface area contributed by atoms with Crippen LogP contribution in [0.4, 0.5) is 0 Å². The Morgan fingerprint density at radius 3 is 0.500 bits per heavy atom. The lowest BCUT2D eigenvalue weighted by Crippen LogP contribution is -1.89. The zero-order valence-corrected chi connectivity index (χ0v) is 14.5. The minimum Gasteiger partial charge on any atom is -0.333 e. The molecular formula is C10H36BrN5. The van der Waals surface area contributed by atoms with Crippen molar-refractivity contribution in [1.29, 1.82) is 0 Å². The molecule has 6 heteroatoms. The van der Waals surface area contributed by atoms with Gasteiger partial charge in [0.1, 0.15) is 0 Å². The molecule has 0 unspecified atom stereocenters. The number of rotatable bonds is 0. The Balaban J connectivity index is -0.0000000190. The molecule has 0 aliphatic carbocycles. The van der Waals surface area contributed by atoms with Crippen LogP contribution in [0.5, 0.6) is 0 Å². The summed E-state index contributed by atoms with van der Waals surface area (Å²) in [5.41, 5.74) is 4.50. The molecule has 0 aliphatic heterocycles. The van der Waals surface area contributed by atoms with Gasteiger partial charge in [-0.15, -0.1) is 0 Å². The highest BCUT2D eigenvalue weighted by atomic mass is 79.9. The summed E-state index contributed by atoms with van der Waals surface area (Å²) in [6, 6.07) is 0. The van der Waals surface area contributed by atoms with Gasteiger partial charge >= 0.3 is 0 Å². The standard InChI is InChI=1S/4C2H7N.CH3Br.CH5N/c4*1-3-2;2*1-2/h4*3H,1-2H3;1H3;2H2,1H3. The van der Waals surface area contributed by atoms with Gasteiger partial charge in [-0.2, -0.15) is 0 Å². The highest BCUT2D eigenvalue weighted by Gasteiger charge is 1.26. The zero-order chi connectivity index (χ0) is 14.8. The van der Waals surface area contributed by atoms with Crippen molar-refractivity contribution in [3.8, 4) is 0 Å². The first kappa shape index (κ1) is 36.0. The molecule has 0 rings (SSSR count). The normalized spacial score (nSPS) is 5.25. The van der Waals surface area contributed by atoms with E-state index in [-0.39, 0.29) is 0 Å². The van der Waals surface area contributed by atoms with Gasteiger partial charge in [0, 0.05) is 0 Å². The van der Waals surface area contributed by atoms with Crippen LogP contribution in [0.3, 0.4) is 0 Å². The van der Waals surface area contributed by atoms with Gasteiger partial charge in [-0.25, -0.2) is 0 Å². The van der Waals surface area contributed by atoms with Crippen LogP contribution in [0, 0.1) is 0 Å². The maximum absolute atomic E-state index is 4.50. The van der Waals surface area contributed by atoms with Gasteiger partial charge < -0.3 is 27.0 Å². The van der Waals surface area contributed by atoms with Crippen molar-refractivity contribution in [2.24, 2.45) is 5.73 Å². The van der Waals surface area contributed by atoms with Crippen molar-refractivity contribution in [2.45, 2.75) is 0 Å². The van der Waals surface area contributed by atoms with Crippen molar-refractivity contribution in [1.82, 2.24) is 21.3 Å². The monoisotopic (exact) mass is 305 g/mol. The summed E-state index contributed by atoms with van der Waals surface area (Å²) < 4.78 is 0. The Hall–Kier alpha value is 0.280. The molecule has 16 heavy (non-hydrogen) atoms. The van der Waals surface area contributed by atoms with Crippen LogP contribution in [0.1, 0.15) is 0 Å². The number of hydrogen-bond donors (Lipinski definition) is 5. The minimum absolute atomic E-state index is 1.50. The number of alkyl halides is 1. The predicted molar refractivity (Wildman–Crippen MR) is 84.9 cm³/mol. The smallest absolute Gasteiger partial charge is 0.00848 e. The van der Waals surface area contributed by atoms with E-state index in [2.05, 4.69) is 42.9 Å². The lowest BCUT2D eigenvalue weighted by atomic mass is 11.3. The van der Waals surface area contributed by atoms with Crippen LogP contribution in [0.25, 0.3) is 0 Å². The average molecular weight is 306 g/mol. The highest BCUT2D eigenvalue weighted by Crippen LogP contribution is 1.45. The molecule has 0 atom stereocenters. The number of halogens is 1. The maximum Gasteiger partial charge on any atom is -0.00848 e. The molecule has 0 aromatic carbocycles. The average Bonchev–Trinajstić information content (AvgIpc) is 2.27. The van der Waals surface area contributed by atoms with E-state index >= 15 is 0 Å². The Morgan fingerprint density at radius 1 is 0.500 bits per heavy atom. The van der Waals surface area contributed by atoms with Crippen molar-refractivity contribution >= 4 is 15.9 Å². The summed E-state index contributed by atoms with van der Waals surface area (Å²) in [5, 5.41) is 11.0. The van der Waals surface area contributed by atoms with Crippen molar-refractivity contribution in [3.05, 3.63) is 0 Å². The molecule has 0 spiro atoms. The van der Waals surface area contributed by atoms with Gasteiger partial charge in [0.2, 0.25) is 0 Å². The third-order valence-corrected chi connectivity index (χ3v) is 0. The molecular weight excluding hydrogens is 270 g/mol. The Morgan fingerprint density at radius 2 is 0.500 bits per heavy atom. The third-order valence-electron chi connectivity index (χ3n) is 0. The summed E-state index contributed by atoms with van der Waals surface area (Å²) in [7, 11) is 16.5. The molecule has 108 valence electrons. The first-order valence-corrected chi connectivity index (χ1v) is 6.54. The fourth-order valence-electron chi connectivity index (χ4n) is 0. The Labute approximate surface area is 112 Å². The van der Waals surface area contributed by atoms with Crippen LogP contribution < -0.4 is 27.0 Å². The summed E-state index contributed by atoms with van der Waals surface area (Å²) in [5.74, 6) is 1.81. The third kappa shape index (κ3) is 32100. The molecule has 0 heterocycles. The van der Waals surface area contributed by atoms with E-state index in [0.29, 0.717) is 0 Å². The van der Waals surface area contributed by atoms with Gasteiger partial charge in [-0.05, 0) is 69.3 Å². The summed E-state index contributed by atoms with van der Waals surface area (Å²) >= 11 is 2.94. The summed E-state index contributed by atoms with van der Waals surface area (Å²) in [6.07, 6.45) is 0. The van der Waals surface area contributed by atoms with E-state index in [1.165, 1.54) is 7.05 Å². The molecule has 0 bridgehead atoms. The molecule has 0 amide bonds. The molecule has 0 aromatic heterocycles. The van der Waals surface area contributed by atoms with E-state index in [0.717, 1.165) is 0 Å². The van der Waals surface area contributed by atoms with Crippen LogP contribution in [-0.4, -0.2) is 69.3 Å². The lowest BCUT2D eigenvalue weighted by Gasteiger charge is -1.59. The van der Waals surface area contributed by atoms with E-state index in [1.807, 2.05) is 62.2 Å². The highest BCUT2D eigenvalue weighted by molar-refractivity contribution is 9.08. The zero-order valence-electron chi connectivity index (χ0n) is 13.0. The summed E-state index contributed by atoms with van der Waals surface area (Å²) in [4.78, 5) is 0. The molecule has 6 N–H and O–H groups in total. The summed E-state index contributed by atoms with van der Waals surface area (Å²) in [6.45, 7) is 0. The second kappa shape index (κ2) is 170. The fraction of sp³-hybridized carbons (Fsp3) is 1.00. The first-order valence-electron chi connectivity index (χ1n) is 4.96. The van der Waals surface area contributed by atoms with Gasteiger partial charge in [0.15, 0.2) is 0 Å². The van der Waals surface area contributed by atoms with Gasteiger partial charge in [0.05, 0.1) is 0 Å². The second-order valence-corrected chi connectivity index (χ2v) is 2.00. The SMILES string of the molecule is CBr.CN.CNC.CNC.CNC.CNC. The first-order chi connectivity index (χ1) is 7.66. The van der Waals surface area contributed by atoms with Crippen LogP contribution in [0.15, 0.2) is 0 Å². The maximum atomic E-state index is 4.50. The molecule has 0 saturated heterocycles. The van der Waals surface area contributed by atoms with Gasteiger partial charge in [-0.1, -0.05) is 15.9 Å². The van der Waals surface area contributed by atoms with Gasteiger partial charge in [0.25, 0.3) is 0 Å². The molecule has 0 saturated carbocycles. The molecule has 0 aromatic rings. The second-order valence-electron chi connectivity index (χ2n) is 2.00. The van der Waals surface area contributed by atoms with Crippen molar-refractivity contribution in [2.75, 3.05) is 69.3 Å². The molecule has 0 radical (unpaired) electrons. The number of hydrogen-bond acceptors (Lipinski definition) is 5. The Bertz CT molecular complexity index is 27.2. The van der Waals surface area contributed by atoms with Gasteiger partial charge in [-0.3, -0.25) is 0 Å². The van der Waals surface area contributed by atoms with E-state index < -0.39 is 0 Å². The number of nitrogens with one attached hydrogen (secondary N) is 4. The van der Waals surface area contributed by atoms with E-state index in [1.54, 1.807) is 0 Å². The predicted octanol–water partition coefficient (Wildman–Crippen LogP) is -0.0716. The largest absolute Gasteiger partial charge is 0.333 e. The van der Waals surface area contributed by atoms with Crippen LogP contribution in [0.2, 0.25) is 0 Å². The molecule has 5 nitrogen and oxygen atoms in total. The quantitative estimate of drug-likeness (QED) is 0.405. The van der Waals surface area contributed by atoms with Crippen LogP contribution in [-0.2, 0) is 0 Å². The van der Waals surface area contributed by atoms with Crippen molar-refractivity contribution in [3.63, 3.8) is 0 Å². The van der Waals surface area contributed by atoms with E-state index in [4.69, 9.17) is 0 Å². The minimum atomic E-state index is 1.50. The van der Waals surface area contributed by atoms with Crippen LogP contribution >= 0.6 is 15.9 Å². The van der Waals surface area contributed by atoms with E-state index in [9.17, 15) is 0 Å². The molecule has 0 aliphatic rings. The fourth-order valence-corrected chi connectivity index (χ4v) is 0. The topological polar surface area (TPSA) is 74.1 Å². The molecule has 0 fully saturated rings. The Kier molecular flexibility index (Phi) is 382. The van der Waals surface area contributed by atoms with Crippen molar-refractivity contribution < 1.29 is 0 Å². The number of nitrogens with two attached hydrogens (primary N) is 1.